The van der Waals surface area contributed by atoms with Crippen molar-refractivity contribution in [3.8, 4) is 11.5 Å². The third-order valence-electron chi connectivity index (χ3n) is 4.15. The average Bonchev–Trinajstić information content (AvgIpc) is 2.83. The molecule has 1 atom stereocenters. The molecule has 1 aromatic carbocycles. The van der Waals surface area contributed by atoms with Gasteiger partial charge in [-0.1, -0.05) is 19.9 Å². The Labute approximate surface area is 146 Å². The molecule has 1 heterocycles. The first-order valence-electron chi connectivity index (χ1n) is 7.97. The molecular formula is C18H23NO6. The fraction of sp³-hybridized carbons (Fsp3) is 0.444. The van der Waals surface area contributed by atoms with Crippen molar-refractivity contribution >= 4 is 11.7 Å². The molecule has 2 rings (SSSR count). The van der Waals surface area contributed by atoms with Crippen molar-refractivity contribution < 1.29 is 29.3 Å². The molecule has 1 amide bonds. The highest BCUT2D eigenvalue weighted by Gasteiger charge is 2.43. The number of benzene rings is 1. The molecule has 0 aliphatic carbocycles. The lowest BCUT2D eigenvalue weighted by Crippen LogP contribution is -2.34. The third-order valence-corrected chi connectivity index (χ3v) is 4.15. The zero-order valence-corrected chi connectivity index (χ0v) is 14.8. The molecule has 1 aliphatic rings. The lowest BCUT2D eigenvalue weighted by molar-refractivity contribution is -0.130. The second-order valence-electron chi connectivity index (χ2n) is 6.11. The Bertz CT molecular complexity index is 710. The summed E-state index contributed by atoms with van der Waals surface area (Å²) in [6, 6.07) is 3.86. The summed E-state index contributed by atoms with van der Waals surface area (Å²) in [7, 11) is 2.93. The fourth-order valence-electron chi connectivity index (χ4n) is 2.86. The molecule has 0 saturated carbocycles. The molecule has 0 bridgehead atoms. The highest BCUT2D eigenvalue weighted by molar-refractivity contribution is 6.09. The highest BCUT2D eigenvalue weighted by atomic mass is 16.5. The molecule has 7 nitrogen and oxygen atoms in total. The Hall–Kier alpha value is -2.54. The van der Waals surface area contributed by atoms with Gasteiger partial charge in [0.05, 0.1) is 25.3 Å². The highest BCUT2D eigenvalue weighted by Crippen LogP contribution is 2.41. The lowest BCUT2D eigenvalue weighted by Gasteiger charge is -2.27. The molecule has 0 fully saturated rings. The molecule has 25 heavy (non-hydrogen) atoms. The topological polar surface area (TPSA) is 96.3 Å². The average molecular weight is 349 g/mol. The van der Waals surface area contributed by atoms with Crippen molar-refractivity contribution in [2.24, 2.45) is 5.92 Å². The van der Waals surface area contributed by atoms with Gasteiger partial charge < -0.3 is 24.6 Å². The van der Waals surface area contributed by atoms with Gasteiger partial charge in [0.1, 0.15) is 0 Å². The number of phenols is 1. The third kappa shape index (κ3) is 3.46. The van der Waals surface area contributed by atoms with E-state index in [1.54, 1.807) is 26.0 Å². The van der Waals surface area contributed by atoms with Crippen LogP contribution in [0.2, 0.25) is 0 Å². The van der Waals surface area contributed by atoms with Gasteiger partial charge in [0, 0.05) is 19.6 Å². The summed E-state index contributed by atoms with van der Waals surface area (Å²) in [5.74, 6) is -1.70. The minimum Gasteiger partial charge on any atom is -0.504 e. The minimum atomic E-state index is -0.783. The minimum absolute atomic E-state index is 0.0423. The standard InChI is InChI=1S/C18H23NO6/c1-10(2)16(21)14-15(11-5-6-13(25-4)12(20)9-11)19(7-8-24-3)18(23)17(14)22/h5-6,9-10,15,20,22H,7-8H2,1-4H3. The Morgan fingerprint density at radius 3 is 2.48 bits per heavy atom. The number of carbonyl (C=O) groups excluding carboxylic acids is 2. The van der Waals surface area contributed by atoms with Gasteiger partial charge in [0.2, 0.25) is 0 Å². The number of methoxy groups -OCH3 is 2. The maximum Gasteiger partial charge on any atom is 0.290 e. The normalized spacial score (nSPS) is 17.6. The van der Waals surface area contributed by atoms with Crippen LogP contribution in [-0.2, 0) is 14.3 Å². The number of aliphatic hydroxyl groups is 1. The summed E-state index contributed by atoms with van der Waals surface area (Å²) < 4.78 is 10.1. The van der Waals surface area contributed by atoms with E-state index in [2.05, 4.69) is 0 Å². The Morgan fingerprint density at radius 2 is 1.96 bits per heavy atom. The molecule has 0 spiro atoms. The number of aromatic hydroxyl groups is 1. The Morgan fingerprint density at radius 1 is 1.28 bits per heavy atom. The number of ether oxygens (including phenoxy) is 2. The number of nitrogens with zero attached hydrogens (tertiary/aromatic N) is 1. The first-order chi connectivity index (χ1) is 11.8. The fourth-order valence-corrected chi connectivity index (χ4v) is 2.86. The van der Waals surface area contributed by atoms with E-state index in [1.165, 1.54) is 25.2 Å². The molecule has 0 aromatic heterocycles. The first-order valence-corrected chi connectivity index (χ1v) is 7.97. The van der Waals surface area contributed by atoms with Gasteiger partial charge >= 0.3 is 0 Å². The summed E-state index contributed by atoms with van der Waals surface area (Å²) in [6.45, 7) is 3.85. The summed E-state index contributed by atoms with van der Waals surface area (Å²) >= 11 is 0. The number of aliphatic hydroxyl groups excluding tert-OH is 1. The van der Waals surface area contributed by atoms with Gasteiger partial charge in [0.25, 0.3) is 5.91 Å². The van der Waals surface area contributed by atoms with E-state index in [0.29, 0.717) is 5.56 Å². The summed E-state index contributed by atoms with van der Waals surface area (Å²) in [6.07, 6.45) is 0. The molecule has 1 aromatic rings. The number of Topliss-reactive ketones (excluding diaryl/α,β-unsaturated/α-hetero) is 1. The lowest BCUT2D eigenvalue weighted by atomic mass is 9.91. The van der Waals surface area contributed by atoms with Crippen LogP contribution in [0.25, 0.3) is 0 Å². The molecule has 2 N–H and O–H groups in total. The first kappa shape index (κ1) is 18.8. The number of amides is 1. The van der Waals surface area contributed by atoms with Crippen LogP contribution in [0.15, 0.2) is 29.5 Å². The maximum absolute atomic E-state index is 12.6. The van der Waals surface area contributed by atoms with Gasteiger partial charge in [-0.3, -0.25) is 9.59 Å². The summed E-state index contributed by atoms with van der Waals surface area (Å²) in [5, 5.41) is 20.4. The van der Waals surface area contributed by atoms with Gasteiger partial charge in [-0.25, -0.2) is 0 Å². The number of carbonyl (C=O) groups is 2. The SMILES string of the molecule is COCCN1C(=O)C(O)=C(C(=O)C(C)C)C1c1ccc(OC)c(O)c1. The van der Waals surface area contributed by atoms with Crippen molar-refractivity contribution in [3.05, 3.63) is 35.1 Å². The molecule has 0 saturated heterocycles. The van der Waals surface area contributed by atoms with E-state index in [1.807, 2.05) is 0 Å². The van der Waals surface area contributed by atoms with E-state index in [0.717, 1.165) is 0 Å². The Balaban J connectivity index is 2.54. The van der Waals surface area contributed by atoms with Crippen LogP contribution in [0, 0.1) is 5.92 Å². The van der Waals surface area contributed by atoms with E-state index in [-0.39, 0.29) is 41.9 Å². The van der Waals surface area contributed by atoms with Crippen LogP contribution >= 0.6 is 0 Å². The van der Waals surface area contributed by atoms with E-state index < -0.39 is 17.7 Å². The number of ketones is 1. The number of hydrogen-bond acceptors (Lipinski definition) is 6. The largest absolute Gasteiger partial charge is 0.504 e. The van der Waals surface area contributed by atoms with Crippen LogP contribution in [0.3, 0.4) is 0 Å². The second kappa shape index (κ2) is 7.57. The van der Waals surface area contributed by atoms with Gasteiger partial charge in [-0.05, 0) is 17.7 Å². The maximum atomic E-state index is 12.6. The van der Waals surface area contributed by atoms with Crippen LogP contribution in [0.4, 0.5) is 0 Å². The van der Waals surface area contributed by atoms with E-state index in [4.69, 9.17) is 9.47 Å². The van der Waals surface area contributed by atoms with Crippen LogP contribution in [0.5, 0.6) is 11.5 Å². The number of rotatable bonds is 7. The van der Waals surface area contributed by atoms with E-state index >= 15 is 0 Å². The van der Waals surface area contributed by atoms with Crippen molar-refractivity contribution in [1.82, 2.24) is 4.90 Å². The van der Waals surface area contributed by atoms with Crippen molar-refractivity contribution in [2.75, 3.05) is 27.4 Å². The van der Waals surface area contributed by atoms with Gasteiger partial charge in [-0.2, -0.15) is 0 Å². The summed E-state index contributed by atoms with van der Waals surface area (Å²) in [5.41, 5.74) is 0.552. The van der Waals surface area contributed by atoms with Crippen molar-refractivity contribution in [3.63, 3.8) is 0 Å². The van der Waals surface area contributed by atoms with Crippen LogP contribution < -0.4 is 4.74 Å². The monoisotopic (exact) mass is 349 g/mol. The molecular weight excluding hydrogens is 326 g/mol. The second-order valence-corrected chi connectivity index (χ2v) is 6.11. The summed E-state index contributed by atoms with van der Waals surface area (Å²) in [4.78, 5) is 26.4. The van der Waals surface area contributed by atoms with Crippen molar-refractivity contribution in [2.45, 2.75) is 19.9 Å². The van der Waals surface area contributed by atoms with Crippen LogP contribution in [0.1, 0.15) is 25.5 Å². The predicted molar refractivity (Wildman–Crippen MR) is 90.5 cm³/mol. The predicted octanol–water partition coefficient (Wildman–Crippen LogP) is 1.97. The van der Waals surface area contributed by atoms with Crippen molar-refractivity contribution in [1.29, 1.82) is 0 Å². The zero-order valence-electron chi connectivity index (χ0n) is 14.8. The Kier molecular flexibility index (Phi) is 5.69. The molecule has 1 unspecified atom stereocenters. The quantitative estimate of drug-likeness (QED) is 0.781. The molecule has 1 aliphatic heterocycles. The van der Waals surface area contributed by atoms with Gasteiger partial charge in [-0.15, -0.1) is 0 Å². The van der Waals surface area contributed by atoms with E-state index in [9.17, 15) is 19.8 Å². The molecule has 0 radical (unpaired) electrons. The molecule has 136 valence electrons. The molecule has 7 heteroatoms. The van der Waals surface area contributed by atoms with Gasteiger partial charge in [0.15, 0.2) is 23.0 Å². The number of hydrogen-bond donors (Lipinski definition) is 2. The zero-order chi connectivity index (χ0) is 18.7. The smallest absolute Gasteiger partial charge is 0.290 e. The van der Waals surface area contributed by atoms with Crippen LogP contribution in [-0.4, -0.2) is 54.2 Å². The number of phenolic OH excluding ortho intramolecular Hbond substituents is 1.